The molecular formula is C32H38N4O4. The SMILES string of the molecule is CCCCCC(C)CC(C)Oc1ccc(-c2nc(-c3cccc4c3C[C@@H]3CC(=O)N(CCO)[C@H]43)no2)cc1C#N. The number of aliphatic hydroxyl groups excluding tert-OH is 1. The Kier molecular flexibility index (Phi) is 8.51. The number of aromatic nitrogens is 2. The second-order valence-corrected chi connectivity index (χ2v) is 11.3. The fraction of sp³-hybridized carbons (Fsp3) is 0.500. The minimum absolute atomic E-state index is 0.00727. The molecule has 1 fully saturated rings. The van der Waals surface area contributed by atoms with Crippen molar-refractivity contribution in [3.63, 3.8) is 0 Å². The molecule has 1 amide bonds. The van der Waals surface area contributed by atoms with Gasteiger partial charge in [0.2, 0.25) is 11.7 Å². The molecule has 1 saturated heterocycles. The molecule has 3 aromatic rings. The molecule has 8 nitrogen and oxygen atoms in total. The van der Waals surface area contributed by atoms with Crippen LogP contribution in [-0.2, 0) is 11.2 Å². The molecule has 1 aromatic heterocycles. The molecule has 1 aliphatic carbocycles. The van der Waals surface area contributed by atoms with Gasteiger partial charge in [-0.25, -0.2) is 0 Å². The van der Waals surface area contributed by atoms with Crippen molar-refractivity contribution < 1.29 is 19.2 Å². The van der Waals surface area contributed by atoms with Gasteiger partial charge in [0.25, 0.3) is 5.89 Å². The van der Waals surface area contributed by atoms with Crippen LogP contribution in [0.3, 0.4) is 0 Å². The average molecular weight is 543 g/mol. The molecule has 8 heteroatoms. The lowest BCUT2D eigenvalue weighted by atomic mass is 9.97. The van der Waals surface area contributed by atoms with E-state index in [1.165, 1.54) is 25.7 Å². The summed E-state index contributed by atoms with van der Waals surface area (Å²) >= 11 is 0. The molecule has 0 bridgehead atoms. The van der Waals surface area contributed by atoms with Gasteiger partial charge in [0.15, 0.2) is 0 Å². The van der Waals surface area contributed by atoms with E-state index in [0.717, 1.165) is 29.5 Å². The van der Waals surface area contributed by atoms with Gasteiger partial charge in [-0.2, -0.15) is 10.2 Å². The van der Waals surface area contributed by atoms with Gasteiger partial charge in [-0.1, -0.05) is 62.9 Å². The van der Waals surface area contributed by atoms with Gasteiger partial charge in [-0.05, 0) is 60.9 Å². The molecule has 2 aliphatic rings. The normalized spacial score (nSPS) is 19.3. The van der Waals surface area contributed by atoms with Gasteiger partial charge >= 0.3 is 0 Å². The number of unbranched alkanes of at least 4 members (excludes halogenated alkanes) is 2. The Hall–Kier alpha value is -3.70. The number of hydrogen-bond acceptors (Lipinski definition) is 7. The highest BCUT2D eigenvalue weighted by Gasteiger charge is 2.46. The fourth-order valence-corrected chi connectivity index (χ4v) is 6.42. The Bertz CT molecular complexity index is 1390. The zero-order chi connectivity index (χ0) is 28.2. The van der Waals surface area contributed by atoms with Crippen LogP contribution < -0.4 is 4.74 Å². The zero-order valence-corrected chi connectivity index (χ0v) is 23.6. The number of carbonyl (C=O) groups is 1. The number of β-amino-alcohol motifs (C(OH)–C–C–N with tert-alkyl or cyclic N) is 1. The Labute approximate surface area is 236 Å². The third-order valence-corrected chi connectivity index (χ3v) is 8.25. The second kappa shape index (κ2) is 12.2. The number of hydrogen-bond donors (Lipinski definition) is 1. The number of aliphatic hydroxyl groups is 1. The van der Waals surface area contributed by atoms with Crippen molar-refractivity contribution in [2.45, 2.75) is 77.9 Å². The summed E-state index contributed by atoms with van der Waals surface area (Å²) in [4.78, 5) is 19.0. The van der Waals surface area contributed by atoms with Crippen LogP contribution in [0.1, 0.15) is 82.0 Å². The van der Waals surface area contributed by atoms with E-state index in [-0.39, 0.29) is 30.6 Å². The van der Waals surface area contributed by atoms with Gasteiger partial charge in [-0.3, -0.25) is 4.79 Å². The quantitative estimate of drug-likeness (QED) is 0.276. The fourth-order valence-electron chi connectivity index (χ4n) is 6.42. The van der Waals surface area contributed by atoms with E-state index in [0.29, 0.717) is 47.5 Å². The van der Waals surface area contributed by atoms with Crippen LogP contribution in [0.25, 0.3) is 22.8 Å². The predicted octanol–water partition coefficient (Wildman–Crippen LogP) is 6.09. The molecule has 5 rings (SSSR count). The zero-order valence-electron chi connectivity index (χ0n) is 23.6. The van der Waals surface area contributed by atoms with Crippen molar-refractivity contribution in [2.24, 2.45) is 11.8 Å². The lowest BCUT2D eigenvalue weighted by Crippen LogP contribution is -2.30. The molecule has 4 atom stereocenters. The minimum Gasteiger partial charge on any atom is -0.489 e. The van der Waals surface area contributed by atoms with Crippen molar-refractivity contribution in [1.29, 1.82) is 5.26 Å². The number of rotatable bonds is 12. The van der Waals surface area contributed by atoms with Crippen LogP contribution in [0.5, 0.6) is 5.75 Å². The van der Waals surface area contributed by atoms with Gasteiger partial charge in [0.05, 0.1) is 24.3 Å². The molecule has 0 saturated carbocycles. The van der Waals surface area contributed by atoms with Crippen LogP contribution in [0, 0.1) is 23.2 Å². The standard InChI is InChI=1S/C32H38N4O4/c1-4-5-6-8-20(2)15-21(3)39-28-12-11-22(16-24(28)19-33)32-34-31(35-40-32)26-10-7-9-25-27(26)17-23-18-29(38)36(13-14-37)30(23)25/h7,9-12,16,20-21,23,30,37H,4-6,8,13-15,17-18H2,1-3H3/t20?,21?,23-,30+/m1/s1. The number of carbonyl (C=O) groups excluding carboxylic acids is 1. The largest absolute Gasteiger partial charge is 0.489 e. The summed E-state index contributed by atoms with van der Waals surface area (Å²) in [5.41, 5.74) is 4.20. The Morgan fingerprint density at radius 1 is 1.23 bits per heavy atom. The van der Waals surface area contributed by atoms with E-state index in [4.69, 9.17) is 9.26 Å². The van der Waals surface area contributed by atoms with Crippen molar-refractivity contribution in [1.82, 2.24) is 15.0 Å². The van der Waals surface area contributed by atoms with E-state index in [2.05, 4.69) is 43.0 Å². The maximum absolute atomic E-state index is 12.5. The molecule has 210 valence electrons. The summed E-state index contributed by atoms with van der Waals surface area (Å²) in [5, 5.41) is 23.6. The highest BCUT2D eigenvalue weighted by Crippen LogP contribution is 2.49. The smallest absolute Gasteiger partial charge is 0.258 e. The van der Waals surface area contributed by atoms with Gasteiger partial charge < -0.3 is 19.3 Å². The van der Waals surface area contributed by atoms with Crippen LogP contribution in [0.2, 0.25) is 0 Å². The number of amides is 1. The Morgan fingerprint density at radius 2 is 2.08 bits per heavy atom. The van der Waals surface area contributed by atoms with E-state index >= 15 is 0 Å². The van der Waals surface area contributed by atoms with E-state index in [1.54, 1.807) is 11.0 Å². The van der Waals surface area contributed by atoms with Gasteiger partial charge in [-0.15, -0.1) is 0 Å². The third-order valence-electron chi connectivity index (χ3n) is 8.25. The lowest BCUT2D eigenvalue weighted by molar-refractivity contribution is -0.129. The van der Waals surface area contributed by atoms with E-state index in [9.17, 15) is 15.2 Å². The maximum Gasteiger partial charge on any atom is 0.258 e. The topological polar surface area (TPSA) is 112 Å². The number of ether oxygens (including phenoxy) is 1. The van der Waals surface area contributed by atoms with E-state index in [1.807, 2.05) is 24.3 Å². The van der Waals surface area contributed by atoms with Crippen LogP contribution in [0.4, 0.5) is 0 Å². The van der Waals surface area contributed by atoms with Crippen molar-refractivity contribution >= 4 is 5.91 Å². The average Bonchev–Trinajstić information content (AvgIpc) is 3.64. The maximum atomic E-state index is 12.5. The van der Waals surface area contributed by atoms with Crippen molar-refractivity contribution in [3.05, 3.63) is 53.1 Å². The number of likely N-dealkylation sites (tertiary alicyclic amines) is 1. The Morgan fingerprint density at radius 3 is 2.85 bits per heavy atom. The highest BCUT2D eigenvalue weighted by molar-refractivity contribution is 5.81. The van der Waals surface area contributed by atoms with Gasteiger partial charge in [0.1, 0.15) is 11.8 Å². The van der Waals surface area contributed by atoms with Crippen LogP contribution in [0.15, 0.2) is 40.9 Å². The number of fused-ring (bicyclic) bond motifs is 3. The first-order valence-electron chi connectivity index (χ1n) is 14.5. The van der Waals surface area contributed by atoms with E-state index < -0.39 is 0 Å². The summed E-state index contributed by atoms with van der Waals surface area (Å²) < 4.78 is 11.8. The number of benzene rings is 2. The molecule has 0 spiro atoms. The van der Waals surface area contributed by atoms with Crippen LogP contribution in [-0.4, -0.2) is 45.3 Å². The summed E-state index contributed by atoms with van der Waals surface area (Å²) in [5.74, 6) is 2.24. The summed E-state index contributed by atoms with van der Waals surface area (Å²) in [6.45, 7) is 6.82. The van der Waals surface area contributed by atoms with Crippen molar-refractivity contribution in [2.75, 3.05) is 13.2 Å². The molecule has 1 aliphatic heterocycles. The van der Waals surface area contributed by atoms with Crippen LogP contribution >= 0.6 is 0 Å². The molecular weight excluding hydrogens is 504 g/mol. The summed E-state index contributed by atoms with van der Waals surface area (Å²) in [6.07, 6.45) is 7.10. The molecule has 2 heterocycles. The first-order valence-corrected chi connectivity index (χ1v) is 14.5. The lowest BCUT2D eigenvalue weighted by Gasteiger charge is -2.24. The summed E-state index contributed by atoms with van der Waals surface area (Å²) in [7, 11) is 0. The number of nitrogens with zero attached hydrogens (tertiary/aromatic N) is 4. The highest BCUT2D eigenvalue weighted by atomic mass is 16.5. The first-order chi connectivity index (χ1) is 19.4. The van der Waals surface area contributed by atoms with Gasteiger partial charge in [0, 0.05) is 24.1 Å². The monoisotopic (exact) mass is 542 g/mol. The Balaban J connectivity index is 1.32. The summed E-state index contributed by atoms with van der Waals surface area (Å²) in [6, 6.07) is 13.6. The molecule has 40 heavy (non-hydrogen) atoms. The van der Waals surface area contributed by atoms with Crippen molar-refractivity contribution in [3.8, 4) is 34.7 Å². The predicted molar refractivity (Wildman–Crippen MR) is 151 cm³/mol. The first kappa shape index (κ1) is 27.9. The third kappa shape index (κ3) is 5.62. The molecule has 1 N–H and O–H groups in total. The molecule has 2 aromatic carbocycles. The minimum atomic E-state index is -0.0518. The number of nitriles is 1. The molecule has 0 radical (unpaired) electrons. The second-order valence-electron chi connectivity index (χ2n) is 11.3. The molecule has 2 unspecified atom stereocenters.